The Hall–Kier alpha value is -3.29. The normalized spacial score (nSPS) is 10.6. The summed E-state index contributed by atoms with van der Waals surface area (Å²) < 4.78 is 6.16. The van der Waals surface area contributed by atoms with Crippen LogP contribution in [-0.2, 0) is 0 Å². The summed E-state index contributed by atoms with van der Waals surface area (Å²) in [6.45, 7) is 1.86. The predicted octanol–water partition coefficient (Wildman–Crippen LogP) is 7.01. The third kappa shape index (κ3) is 5.49. The molecule has 0 aliphatic carbocycles. The van der Waals surface area contributed by atoms with E-state index in [1.807, 2.05) is 55.5 Å². The summed E-state index contributed by atoms with van der Waals surface area (Å²) in [4.78, 5) is 27.2. The molecule has 0 radical (unpaired) electrons. The van der Waals surface area contributed by atoms with Gasteiger partial charge in [0, 0.05) is 31.2 Å². The fourth-order valence-corrected chi connectivity index (χ4v) is 4.02. The van der Waals surface area contributed by atoms with Crippen LogP contribution in [0.25, 0.3) is 0 Å². The molecule has 0 spiro atoms. The largest absolute Gasteiger partial charge is 0.459 e. The van der Waals surface area contributed by atoms with E-state index in [0.717, 1.165) is 19.8 Å². The molecule has 4 rings (SSSR count). The molecule has 0 atom stereocenters. The lowest BCUT2D eigenvalue weighted by Gasteiger charge is -2.11. The van der Waals surface area contributed by atoms with Crippen molar-refractivity contribution in [3.05, 3.63) is 106 Å². The average Bonchev–Trinajstić information content (AvgIpc) is 3.33. The Balaban J connectivity index is 1.42. The molecule has 0 fully saturated rings. The number of amides is 2. The second-order valence-electron chi connectivity index (χ2n) is 7.00. The summed E-state index contributed by atoms with van der Waals surface area (Å²) in [6, 6.07) is 24.2. The maximum Gasteiger partial charge on any atom is 0.291 e. The SMILES string of the molecule is Cc1ccc(C(=O)Nc2ccc(Sc3ccc(Br)cc3)cc2)cc1NC(=O)c1ccco1. The summed E-state index contributed by atoms with van der Waals surface area (Å²) >= 11 is 5.08. The molecule has 1 heterocycles. The first-order valence-corrected chi connectivity index (χ1v) is 11.4. The average molecular weight is 507 g/mol. The van der Waals surface area contributed by atoms with Gasteiger partial charge in [-0.1, -0.05) is 33.8 Å². The van der Waals surface area contributed by atoms with E-state index in [4.69, 9.17) is 4.42 Å². The summed E-state index contributed by atoms with van der Waals surface area (Å²) in [5.41, 5.74) is 2.53. The lowest BCUT2D eigenvalue weighted by Crippen LogP contribution is -2.15. The maximum atomic E-state index is 12.7. The van der Waals surface area contributed by atoms with Crippen molar-refractivity contribution < 1.29 is 14.0 Å². The van der Waals surface area contributed by atoms with E-state index in [0.29, 0.717) is 16.9 Å². The van der Waals surface area contributed by atoms with Gasteiger partial charge in [0.05, 0.1) is 6.26 Å². The van der Waals surface area contributed by atoms with Crippen LogP contribution in [0.3, 0.4) is 0 Å². The van der Waals surface area contributed by atoms with Crippen molar-refractivity contribution in [1.29, 1.82) is 0 Å². The Morgan fingerprint density at radius 1 is 0.844 bits per heavy atom. The quantitative estimate of drug-likeness (QED) is 0.295. The Labute approximate surface area is 198 Å². The van der Waals surface area contributed by atoms with Crippen LogP contribution >= 0.6 is 27.7 Å². The van der Waals surface area contributed by atoms with E-state index in [1.165, 1.54) is 6.26 Å². The van der Waals surface area contributed by atoms with Crippen LogP contribution in [-0.4, -0.2) is 11.8 Å². The predicted molar refractivity (Wildman–Crippen MR) is 131 cm³/mol. The van der Waals surface area contributed by atoms with Crippen LogP contribution in [0, 0.1) is 6.92 Å². The minimum Gasteiger partial charge on any atom is -0.459 e. The molecule has 0 aliphatic rings. The number of hydrogen-bond donors (Lipinski definition) is 2. The zero-order valence-electron chi connectivity index (χ0n) is 17.1. The summed E-state index contributed by atoms with van der Waals surface area (Å²) in [7, 11) is 0. The van der Waals surface area contributed by atoms with Crippen molar-refractivity contribution in [3.63, 3.8) is 0 Å². The molecule has 0 saturated heterocycles. The highest BCUT2D eigenvalue weighted by atomic mass is 79.9. The minimum atomic E-state index is -0.366. The van der Waals surface area contributed by atoms with Gasteiger partial charge in [-0.05, 0) is 85.3 Å². The standard InChI is InChI=1S/C25H19BrN2O3S/c1-16-4-5-17(15-22(16)28-25(30)23-3-2-14-31-23)24(29)27-19-8-12-21(13-9-19)32-20-10-6-18(26)7-11-20/h2-15H,1H3,(H,27,29)(H,28,30). The zero-order valence-corrected chi connectivity index (χ0v) is 19.5. The molecule has 0 saturated carbocycles. The number of benzene rings is 3. The number of carbonyl (C=O) groups is 2. The molecule has 1 aromatic heterocycles. The molecular weight excluding hydrogens is 488 g/mol. The smallest absolute Gasteiger partial charge is 0.291 e. The number of aryl methyl sites for hydroxylation is 1. The van der Waals surface area contributed by atoms with Crippen molar-refractivity contribution in [3.8, 4) is 0 Å². The number of furan rings is 1. The van der Waals surface area contributed by atoms with Crippen LogP contribution in [0.1, 0.15) is 26.5 Å². The molecular formula is C25H19BrN2O3S. The van der Waals surface area contributed by atoms with Gasteiger partial charge in [0.1, 0.15) is 0 Å². The van der Waals surface area contributed by atoms with Crippen molar-refractivity contribution in [2.75, 3.05) is 10.6 Å². The van der Waals surface area contributed by atoms with Gasteiger partial charge < -0.3 is 15.1 Å². The lowest BCUT2D eigenvalue weighted by molar-refractivity contribution is 0.0993. The first-order chi connectivity index (χ1) is 15.5. The van der Waals surface area contributed by atoms with Crippen molar-refractivity contribution in [1.82, 2.24) is 0 Å². The van der Waals surface area contributed by atoms with Crippen LogP contribution in [0.2, 0.25) is 0 Å². The zero-order chi connectivity index (χ0) is 22.5. The first-order valence-electron chi connectivity index (χ1n) is 9.78. The van der Waals surface area contributed by atoms with E-state index in [-0.39, 0.29) is 17.6 Å². The van der Waals surface area contributed by atoms with Gasteiger partial charge in [-0.2, -0.15) is 0 Å². The highest BCUT2D eigenvalue weighted by Crippen LogP contribution is 2.29. The van der Waals surface area contributed by atoms with E-state index in [9.17, 15) is 9.59 Å². The number of halogens is 1. The Morgan fingerprint density at radius 2 is 1.53 bits per heavy atom. The van der Waals surface area contributed by atoms with Gasteiger partial charge in [0.2, 0.25) is 0 Å². The van der Waals surface area contributed by atoms with E-state index >= 15 is 0 Å². The van der Waals surface area contributed by atoms with Gasteiger partial charge in [0.25, 0.3) is 11.8 Å². The Morgan fingerprint density at radius 3 is 2.19 bits per heavy atom. The van der Waals surface area contributed by atoms with Gasteiger partial charge in [-0.15, -0.1) is 0 Å². The van der Waals surface area contributed by atoms with Crippen molar-refractivity contribution >= 4 is 50.9 Å². The van der Waals surface area contributed by atoms with E-state index in [1.54, 1.807) is 42.1 Å². The molecule has 32 heavy (non-hydrogen) atoms. The third-order valence-corrected chi connectivity index (χ3v) is 6.20. The van der Waals surface area contributed by atoms with Gasteiger partial charge in [-0.25, -0.2) is 0 Å². The van der Waals surface area contributed by atoms with Crippen LogP contribution < -0.4 is 10.6 Å². The van der Waals surface area contributed by atoms with E-state index < -0.39 is 0 Å². The summed E-state index contributed by atoms with van der Waals surface area (Å²) in [6.07, 6.45) is 1.44. The minimum absolute atomic E-state index is 0.209. The topological polar surface area (TPSA) is 71.3 Å². The van der Waals surface area contributed by atoms with Gasteiger partial charge >= 0.3 is 0 Å². The Bertz CT molecular complexity index is 1240. The number of anilines is 2. The molecule has 2 N–H and O–H groups in total. The second-order valence-corrected chi connectivity index (χ2v) is 9.06. The number of carbonyl (C=O) groups excluding carboxylic acids is 2. The number of rotatable bonds is 6. The molecule has 7 heteroatoms. The fraction of sp³-hybridized carbons (Fsp3) is 0.0400. The van der Waals surface area contributed by atoms with Crippen LogP contribution in [0.15, 0.2) is 104 Å². The van der Waals surface area contributed by atoms with Crippen LogP contribution in [0.4, 0.5) is 11.4 Å². The molecule has 0 bridgehead atoms. The number of nitrogens with one attached hydrogen (secondary N) is 2. The number of hydrogen-bond acceptors (Lipinski definition) is 4. The maximum absolute atomic E-state index is 12.7. The fourth-order valence-electron chi connectivity index (χ4n) is 2.94. The summed E-state index contributed by atoms with van der Waals surface area (Å²) in [5, 5.41) is 5.69. The Kier molecular flexibility index (Phi) is 6.78. The highest BCUT2D eigenvalue weighted by Gasteiger charge is 2.13. The molecule has 0 unspecified atom stereocenters. The molecule has 0 aliphatic heterocycles. The van der Waals surface area contributed by atoms with Gasteiger partial charge in [-0.3, -0.25) is 9.59 Å². The van der Waals surface area contributed by atoms with Crippen molar-refractivity contribution in [2.45, 2.75) is 16.7 Å². The molecule has 5 nitrogen and oxygen atoms in total. The molecule has 3 aromatic carbocycles. The van der Waals surface area contributed by atoms with E-state index in [2.05, 4.69) is 26.6 Å². The lowest BCUT2D eigenvalue weighted by atomic mass is 10.1. The highest BCUT2D eigenvalue weighted by molar-refractivity contribution is 9.10. The van der Waals surface area contributed by atoms with Crippen LogP contribution in [0.5, 0.6) is 0 Å². The molecule has 2 amide bonds. The summed E-state index contributed by atoms with van der Waals surface area (Å²) in [5.74, 6) is -0.415. The third-order valence-electron chi connectivity index (χ3n) is 4.65. The van der Waals surface area contributed by atoms with Crippen molar-refractivity contribution in [2.24, 2.45) is 0 Å². The van der Waals surface area contributed by atoms with Gasteiger partial charge in [0.15, 0.2) is 5.76 Å². The molecule has 4 aromatic rings. The second kappa shape index (κ2) is 9.89. The first kappa shape index (κ1) is 21.9. The molecule has 160 valence electrons. The monoisotopic (exact) mass is 506 g/mol.